The topological polar surface area (TPSA) is 22.0 Å². The molecule has 0 radical (unpaired) electrons. The highest BCUT2D eigenvalue weighted by Gasteiger charge is 2.19. The van der Waals surface area contributed by atoms with Crippen LogP contribution in [0.3, 0.4) is 0 Å². The summed E-state index contributed by atoms with van der Waals surface area (Å²) < 4.78 is 2.25. The summed E-state index contributed by atoms with van der Waals surface area (Å²) in [7, 11) is 0. The number of fused-ring (bicyclic) bond motifs is 1. The molecule has 3 rings (SSSR count). The minimum Gasteiger partial charge on any atom is -0.344 e. The maximum absolute atomic E-state index is 13.1. The van der Waals surface area contributed by atoms with Gasteiger partial charge in [-0.1, -0.05) is 55.8 Å². The Labute approximate surface area is 137 Å². The number of carbonyl (C=O) groups excluding carboxylic acids is 1. The lowest BCUT2D eigenvalue weighted by atomic mass is 9.99. The zero-order valence-corrected chi connectivity index (χ0v) is 14.0. The number of benzene rings is 2. The highest BCUT2D eigenvalue weighted by atomic mass is 16.1. The largest absolute Gasteiger partial charge is 0.344 e. The van der Waals surface area contributed by atoms with Gasteiger partial charge in [0.25, 0.3) is 0 Å². The maximum atomic E-state index is 13.1. The van der Waals surface area contributed by atoms with E-state index in [2.05, 4.69) is 30.5 Å². The van der Waals surface area contributed by atoms with Gasteiger partial charge in [0, 0.05) is 34.3 Å². The second-order valence-electron chi connectivity index (χ2n) is 6.25. The fourth-order valence-corrected chi connectivity index (χ4v) is 3.28. The molecule has 1 atom stereocenters. The van der Waals surface area contributed by atoms with Crippen molar-refractivity contribution in [2.75, 3.05) is 0 Å². The third-order valence-corrected chi connectivity index (χ3v) is 4.56. The number of nitrogens with zero attached hydrogens (tertiary/aromatic N) is 1. The summed E-state index contributed by atoms with van der Waals surface area (Å²) in [4.78, 5) is 13.1. The molecule has 0 aliphatic rings. The molecule has 2 heteroatoms. The van der Waals surface area contributed by atoms with Gasteiger partial charge in [-0.2, -0.15) is 0 Å². The number of hydrogen-bond donors (Lipinski definition) is 0. The Balaban J connectivity index is 2.15. The Bertz CT molecular complexity index is 844. The third kappa shape index (κ3) is 2.81. The quantitative estimate of drug-likeness (QED) is 0.567. The summed E-state index contributed by atoms with van der Waals surface area (Å²) in [6.07, 6.45) is 4.28. The van der Waals surface area contributed by atoms with Gasteiger partial charge in [-0.25, -0.2) is 0 Å². The summed E-state index contributed by atoms with van der Waals surface area (Å²) in [5.41, 5.74) is 3.76. The average molecular weight is 305 g/mol. The first kappa shape index (κ1) is 15.5. The van der Waals surface area contributed by atoms with Crippen molar-refractivity contribution in [1.82, 2.24) is 4.57 Å². The highest BCUT2D eigenvalue weighted by Crippen LogP contribution is 2.28. The summed E-state index contributed by atoms with van der Waals surface area (Å²) in [5, 5.41) is 1.05. The molecule has 1 heterocycles. The Hall–Kier alpha value is -2.35. The Morgan fingerprint density at radius 2 is 1.74 bits per heavy atom. The van der Waals surface area contributed by atoms with Gasteiger partial charge in [0.1, 0.15) is 0 Å². The van der Waals surface area contributed by atoms with Gasteiger partial charge in [0.05, 0.1) is 0 Å². The SMILES string of the molecule is CCCC(C)n1cc(C(=O)c2ccccc2C)c2ccccc21. The van der Waals surface area contributed by atoms with E-state index in [1.807, 2.05) is 49.5 Å². The first-order valence-corrected chi connectivity index (χ1v) is 8.33. The molecular weight excluding hydrogens is 282 g/mol. The Kier molecular flexibility index (Phi) is 4.33. The van der Waals surface area contributed by atoms with E-state index >= 15 is 0 Å². The van der Waals surface area contributed by atoms with Crippen LogP contribution >= 0.6 is 0 Å². The van der Waals surface area contributed by atoms with Crippen LogP contribution in [0.2, 0.25) is 0 Å². The van der Waals surface area contributed by atoms with Gasteiger partial charge in [-0.05, 0) is 31.9 Å². The number of ketones is 1. The minimum absolute atomic E-state index is 0.113. The molecule has 0 amide bonds. The normalized spacial score (nSPS) is 12.5. The van der Waals surface area contributed by atoms with E-state index < -0.39 is 0 Å². The highest BCUT2D eigenvalue weighted by molar-refractivity contribution is 6.17. The summed E-state index contributed by atoms with van der Waals surface area (Å²) in [6.45, 7) is 6.41. The van der Waals surface area contributed by atoms with Crippen molar-refractivity contribution < 1.29 is 4.79 Å². The molecule has 0 spiro atoms. The zero-order valence-electron chi connectivity index (χ0n) is 14.0. The zero-order chi connectivity index (χ0) is 16.4. The average Bonchev–Trinajstić information content (AvgIpc) is 2.95. The van der Waals surface area contributed by atoms with Gasteiger partial charge in [-0.3, -0.25) is 4.79 Å². The minimum atomic E-state index is 0.113. The van der Waals surface area contributed by atoms with Crippen LogP contribution in [0.4, 0.5) is 0 Å². The molecule has 2 aromatic carbocycles. The molecule has 118 valence electrons. The molecule has 0 saturated heterocycles. The lowest BCUT2D eigenvalue weighted by molar-refractivity contribution is 0.103. The molecule has 0 fully saturated rings. The van der Waals surface area contributed by atoms with Crippen molar-refractivity contribution >= 4 is 16.7 Å². The van der Waals surface area contributed by atoms with Crippen LogP contribution in [-0.4, -0.2) is 10.4 Å². The third-order valence-electron chi connectivity index (χ3n) is 4.56. The molecule has 3 aromatic rings. The van der Waals surface area contributed by atoms with Gasteiger partial charge in [-0.15, -0.1) is 0 Å². The van der Waals surface area contributed by atoms with Crippen LogP contribution < -0.4 is 0 Å². The predicted octanol–water partition coefficient (Wildman–Crippen LogP) is 5.54. The molecule has 0 saturated carbocycles. The lowest BCUT2D eigenvalue weighted by Gasteiger charge is -2.13. The van der Waals surface area contributed by atoms with Gasteiger partial charge in [0.15, 0.2) is 5.78 Å². The fraction of sp³-hybridized carbons (Fsp3) is 0.286. The monoisotopic (exact) mass is 305 g/mol. The summed E-state index contributed by atoms with van der Waals surface area (Å²) >= 11 is 0. The van der Waals surface area contributed by atoms with Gasteiger partial charge >= 0.3 is 0 Å². The van der Waals surface area contributed by atoms with E-state index in [-0.39, 0.29) is 5.78 Å². The van der Waals surface area contributed by atoms with Crippen molar-refractivity contribution in [3.63, 3.8) is 0 Å². The number of aryl methyl sites for hydroxylation is 1. The molecule has 1 aromatic heterocycles. The van der Waals surface area contributed by atoms with Crippen LogP contribution in [0.15, 0.2) is 54.7 Å². The van der Waals surface area contributed by atoms with Crippen LogP contribution in [-0.2, 0) is 0 Å². The smallest absolute Gasteiger partial charge is 0.195 e. The molecular formula is C21H23NO. The van der Waals surface area contributed by atoms with Crippen molar-refractivity contribution in [3.05, 3.63) is 71.4 Å². The van der Waals surface area contributed by atoms with Gasteiger partial charge in [0.2, 0.25) is 0 Å². The molecule has 0 N–H and O–H groups in total. The molecule has 0 aliphatic heterocycles. The lowest BCUT2D eigenvalue weighted by Crippen LogP contribution is -2.05. The Morgan fingerprint density at radius 3 is 2.48 bits per heavy atom. The van der Waals surface area contributed by atoms with Crippen molar-refractivity contribution in [2.45, 2.75) is 39.7 Å². The number of para-hydroxylation sites is 1. The second-order valence-corrected chi connectivity index (χ2v) is 6.25. The molecule has 0 aliphatic carbocycles. The predicted molar refractivity (Wildman–Crippen MR) is 96.2 cm³/mol. The van der Waals surface area contributed by atoms with Crippen molar-refractivity contribution in [2.24, 2.45) is 0 Å². The number of hydrogen-bond acceptors (Lipinski definition) is 1. The number of rotatable bonds is 5. The van der Waals surface area contributed by atoms with E-state index in [0.717, 1.165) is 40.4 Å². The molecule has 23 heavy (non-hydrogen) atoms. The van der Waals surface area contributed by atoms with Crippen LogP contribution in [0.5, 0.6) is 0 Å². The summed E-state index contributed by atoms with van der Waals surface area (Å²) in [5.74, 6) is 0.113. The van der Waals surface area contributed by atoms with Crippen LogP contribution in [0.1, 0.15) is 54.2 Å². The number of carbonyl (C=O) groups is 1. The first-order valence-electron chi connectivity index (χ1n) is 8.33. The molecule has 2 nitrogen and oxygen atoms in total. The van der Waals surface area contributed by atoms with Crippen LogP contribution in [0, 0.1) is 6.92 Å². The summed E-state index contributed by atoms with van der Waals surface area (Å²) in [6, 6.07) is 16.4. The van der Waals surface area contributed by atoms with E-state index in [0.29, 0.717) is 6.04 Å². The van der Waals surface area contributed by atoms with E-state index in [9.17, 15) is 4.79 Å². The fourth-order valence-electron chi connectivity index (χ4n) is 3.28. The van der Waals surface area contributed by atoms with E-state index in [1.165, 1.54) is 0 Å². The first-order chi connectivity index (χ1) is 11.1. The maximum Gasteiger partial charge on any atom is 0.195 e. The number of aromatic nitrogens is 1. The molecule has 1 unspecified atom stereocenters. The second kappa shape index (κ2) is 6.41. The van der Waals surface area contributed by atoms with Gasteiger partial charge < -0.3 is 4.57 Å². The van der Waals surface area contributed by atoms with Crippen molar-refractivity contribution in [1.29, 1.82) is 0 Å². The Morgan fingerprint density at radius 1 is 1.04 bits per heavy atom. The van der Waals surface area contributed by atoms with Crippen molar-refractivity contribution in [3.8, 4) is 0 Å². The molecule has 0 bridgehead atoms. The van der Waals surface area contributed by atoms with E-state index in [1.54, 1.807) is 0 Å². The van der Waals surface area contributed by atoms with E-state index in [4.69, 9.17) is 0 Å². The van der Waals surface area contributed by atoms with Crippen LogP contribution in [0.25, 0.3) is 10.9 Å². The standard InChI is InChI=1S/C21H23NO/c1-4-9-16(3)22-14-19(18-12-7-8-13-20(18)22)21(23)17-11-6-5-10-15(17)2/h5-8,10-14,16H,4,9H2,1-3H3.